The van der Waals surface area contributed by atoms with Crippen LogP contribution in [0.3, 0.4) is 0 Å². The first kappa shape index (κ1) is 10.5. The van der Waals surface area contributed by atoms with Gasteiger partial charge in [0.15, 0.2) is 0 Å². The molecule has 3 heteroatoms. The molecule has 0 saturated carbocycles. The number of ether oxygens (including phenoxy) is 1. The molecule has 0 spiro atoms. The van der Waals surface area contributed by atoms with Gasteiger partial charge in [-0.05, 0) is 31.6 Å². The first-order valence-electron chi connectivity index (χ1n) is 5.00. The monoisotopic (exact) mass is 186 g/mol. The number of aliphatic carboxylic acids is 1. The SMILES string of the molecule is C[C@H](CCC1CCOCC1)C(=O)O. The van der Waals surface area contributed by atoms with Crippen molar-refractivity contribution in [2.75, 3.05) is 13.2 Å². The molecule has 0 aromatic carbocycles. The Balaban J connectivity index is 2.13. The van der Waals surface area contributed by atoms with Gasteiger partial charge in [-0.15, -0.1) is 0 Å². The fourth-order valence-electron chi connectivity index (χ4n) is 1.64. The van der Waals surface area contributed by atoms with E-state index in [1.807, 2.05) is 0 Å². The summed E-state index contributed by atoms with van der Waals surface area (Å²) in [4.78, 5) is 10.5. The van der Waals surface area contributed by atoms with E-state index in [1.165, 1.54) is 0 Å². The van der Waals surface area contributed by atoms with Crippen LogP contribution in [0.4, 0.5) is 0 Å². The minimum atomic E-state index is -0.674. The molecule has 3 nitrogen and oxygen atoms in total. The van der Waals surface area contributed by atoms with Crippen LogP contribution in [0.1, 0.15) is 32.6 Å². The van der Waals surface area contributed by atoms with Gasteiger partial charge in [-0.2, -0.15) is 0 Å². The quantitative estimate of drug-likeness (QED) is 0.729. The summed E-state index contributed by atoms with van der Waals surface area (Å²) in [5.41, 5.74) is 0. The van der Waals surface area contributed by atoms with Crippen LogP contribution in [0.2, 0.25) is 0 Å². The van der Waals surface area contributed by atoms with Crippen molar-refractivity contribution in [2.24, 2.45) is 11.8 Å². The van der Waals surface area contributed by atoms with E-state index < -0.39 is 5.97 Å². The van der Waals surface area contributed by atoms with E-state index in [2.05, 4.69) is 0 Å². The molecule has 1 aliphatic rings. The van der Waals surface area contributed by atoms with Gasteiger partial charge in [-0.3, -0.25) is 4.79 Å². The van der Waals surface area contributed by atoms with E-state index in [0.717, 1.165) is 38.9 Å². The van der Waals surface area contributed by atoms with E-state index >= 15 is 0 Å². The number of carboxylic acids is 1. The van der Waals surface area contributed by atoms with Crippen molar-refractivity contribution < 1.29 is 14.6 Å². The van der Waals surface area contributed by atoms with Crippen LogP contribution in [-0.2, 0) is 9.53 Å². The van der Waals surface area contributed by atoms with E-state index in [-0.39, 0.29) is 5.92 Å². The molecule has 0 aromatic heterocycles. The van der Waals surface area contributed by atoms with Gasteiger partial charge in [0, 0.05) is 13.2 Å². The molecule has 1 heterocycles. The molecule has 1 fully saturated rings. The summed E-state index contributed by atoms with van der Waals surface area (Å²) in [5.74, 6) is -0.176. The van der Waals surface area contributed by atoms with Gasteiger partial charge in [0.2, 0.25) is 0 Å². The van der Waals surface area contributed by atoms with Crippen molar-refractivity contribution >= 4 is 5.97 Å². The summed E-state index contributed by atoms with van der Waals surface area (Å²) >= 11 is 0. The Bertz CT molecular complexity index is 162. The lowest BCUT2D eigenvalue weighted by Crippen LogP contribution is -2.18. The predicted octanol–water partition coefficient (Wildman–Crippen LogP) is 1.91. The zero-order valence-electron chi connectivity index (χ0n) is 8.16. The third-order valence-corrected chi connectivity index (χ3v) is 2.77. The molecule has 1 N–H and O–H groups in total. The molecule has 0 aromatic rings. The zero-order chi connectivity index (χ0) is 9.68. The summed E-state index contributed by atoms with van der Waals surface area (Å²) in [6.45, 7) is 3.49. The molecule has 13 heavy (non-hydrogen) atoms. The molecule has 76 valence electrons. The van der Waals surface area contributed by atoms with Crippen molar-refractivity contribution in [3.05, 3.63) is 0 Å². The van der Waals surface area contributed by atoms with Gasteiger partial charge < -0.3 is 9.84 Å². The van der Waals surface area contributed by atoms with E-state index in [9.17, 15) is 4.79 Å². The van der Waals surface area contributed by atoms with Gasteiger partial charge in [-0.1, -0.05) is 6.92 Å². The Morgan fingerprint density at radius 1 is 1.54 bits per heavy atom. The average Bonchev–Trinajstić information content (AvgIpc) is 2.15. The summed E-state index contributed by atoms with van der Waals surface area (Å²) in [5, 5.41) is 8.69. The molecule has 1 aliphatic heterocycles. The molecule has 1 saturated heterocycles. The molecule has 0 unspecified atom stereocenters. The van der Waals surface area contributed by atoms with Gasteiger partial charge in [0.1, 0.15) is 0 Å². The normalized spacial score (nSPS) is 21.3. The summed E-state index contributed by atoms with van der Waals surface area (Å²) in [6.07, 6.45) is 4.05. The fourth-order valence-corrected chi connectivity index (χ4v) is 1.64. The number of hydrogen-bond acceptors (Lipinski definition) is 2. The van der Waals surface area contributed by atoms with Crippen molar-refractivity contribution in [2.45, 2.75) is 32.6 Å². The smallest absolute Gasteiger partial charge is 0.306 e. The minimum Gasteiger partial charge on any atom is -0.481 e. The second-order valence-electron chi connectivity index (χ2n) is 3.87. The lowest BCUT2D eigenvalue weighted by molar-refractivity contribution is -0.141. The Kier molecular flexibility index (Phi) is 4.22. The maximum absolute atomic E-state index is 10.5. The van der Waals surface area contributed by atoms with Crippen LogP contribution in [0.15, 0.2) is 0 Å². The van der Waals surface area contributed by atoms with E-state index in [1.54, 1.807) is 6.92 Å². The Labute approximate surface area is 79.1 Å². The standard InChI is InChI=1S/C10H18O3/c1-8(10(11)12)2-3-9-4-6-13-7-5-9/h8-9H,2-7H2,1H3,(H,11,12)/t8-/m1/s1. The molecule has 0 aliphatic carbocycles. The first-order chi connectivity index (χ1) is 6.20. The third kappa shape index (κ3) is 3.77. The highest BCUT2D eigenvalue weighted by Gasteiger charge is 2.17. The molecule has 1 rings (SSSR count). The molecule has 1 atom stereocenters. The fraction of sp³-hybridized carbons (Fsp3) is 0.900. The van der Waals surface area contributed by atoms with Gasteiger partial charge >= 0.3 is 5.97 Å². The highest BCUT2D eigenvalue weighted by molar-refractivity contribution is 5.69. The highest BCUT2D eigenvalue weighted by atomic mass is 16.5. The molecular formula is C10H18O3. The second kappa shape index (κ2) is 5.22. The number of carboxylic acid groups (broad SMARTS) is 1. The molecule has 0 amide bonds. The number of hydrogen-bond donors (Lipinski definition) is 1. The number of carbonyl (C=O) groups is 1. The largest absolute Gasteiger partial charge is 0.481 e. The van der Waals surface area contributed by atoms with Crippen LogP contribution in [0.25, 0.3) is 0 Å². The highest BCUT2D eigenvalue weighted by Crippen LogP contribution is 2.22. The van der Waals surface area contributed by atoms with Crippen LogP contribution in [0, 0.1) is 11.8 Å². The Hall–Kier alpha value is -0.570. The lowest BCUT2D eigenvalue weighted by atomic mass is 9.91. The van der Waals surface area contributed by atoms with Gasteiger partial charge in [-0.25, -0.2) is 0 Å². The maximum Gasteiger partial charge on any atom is 0.306 e. The molecular weight excluding hydrogens is 168 g/mol. The van der Waals surface area contributed by atoms with Crippen molar-refractivity contribution in [3.8, 4) is 0 Å². The van der Waals surface area contributed by atoms with Gasteiger partial charge in [0.25, 0.3) is 0 Å². The average molecular weight is 186 g/mol. The van der Waals surface area contributed by atoms with Crippen LogP contribution < -0.4 is 0 Å². The zero-order valence-corrected chi connectivity index (χ0v) is 8.16. The summed E-state index contributed by atoms with van der Waals surface area (Å²) in [7, 11) is 0. The van der Waals surface area contributed by atoms with Crippen LogP contribution >= 0.6 is 0 Å². The van der Waals surface area contributed by atoms with Crippen molar-refractivity contribution in [1.29, 1.82) is 0 Å². The molecule has 0 radical (unpaired) electrons. The summed E-state index contributed by atoms with van der Waals surface area (Å²) in [6, 6.07) is 0. The van der Waals surface area contributed by atoms with E-state index in [0.29, 0.717) is 5.92 Å². The maximum atomic E-state index is 10.5. The summed E-state index contributed by atoms with van der Waals surface area (Å²) < 4.78 is 5.24. The third-order valence-electron chi connectivity index (χ3n) is 2.77. The van der Waals surface area contributed by atoms with Gasteiger partial charge in [0.05, 0.1) is 5.92 Å². The van der Waals surface area contributed by atoms with Crippen molar-refractivity contribution in [1.82, 2.24) is 0 Å². The predicted molar refractivity (Wildman–Crippen MR) is 49.6 cm³/mol. The van der Waals surface area contributed by atoms with Crippen LogP contribution in [-0.4, -0.2) is 24.3 Å². The number of rotatable bonds is 4. The Morgan fingerprint density at radius 2 is 2.15 bits per heavy atom. The van der Waals surface area contributed by atoms with Crippen LogP contribution in [0.5, 0.6) is 0 Å². The second-order valence-corrected chi connectivity index (χ2v) is 3.87. The first-order valence-corrected chi connectivity index (χ1v) is 5.00. The minimum absolute atomic E-state index is 0.192. The topological polar surface area (TPSA) is 46.5 Å². The van der Waals surface area contributed by atoms with Crippen molar-refractivity contribution in [3.63, 3.8) is 0 Å². The van der Waals surface area contributed by atoms with E-state index in [4.69, 9.17) is 9.84 Å². The lowest BCUT2D eigenvalue weighted by Gasteiger charge is -2.22. The molecule has 0 bridgehead atoms. The Morgan fingerprint density at radius 3 is 2.69 bits per heavy atom.